The minimum absolute atomic E-state index is 0. The number of hydrogen-bond acceptors (Lipinski definition) is 6. The van der Waals surface area contributed by atoms with Crippen molar-refractivity contribution in [2.75, 3.05) is 6.61 Å². The predicted octanol–water partition coefficient (Wildman–Crippen LogP) is -0.966. The minimum atomic E-state index is -3.24. The zero-order chi connectivity index (χ0) is 8.57. The molecule has 0 rings (SSSR count). The first kappa shape index (κ1) is 17.7. The maximum atomic E-state index is 9.24. The molecule has 0 aromatic heterocycles. The second kappa shape index (κ2) is 13.3. The van der Waals surface area contributed by atoms with Crippen LogP contribution in [-0.2, 0) is 34.5 Å². The third-order valence-corrected chi connectivity index (χ3v) is 1.20. The van der Waals surface area contributed by atoms with Crippen molar-refractivity contribution in [3.63, 3.8) is 0 Å². The van der Waals surface area contributed by atoms with Crippen molar-refractivity contribution < 1.29 is 49.4 Å². The fraction of sp³-hybridized carbons (Fsp3) is 1.00. The van der Waals surface area contributed by atoms with E-state index in [1.165, 1.54) is 0 Å². The quantitative estimate of drug-likeness (QED) is 0.615. The molecule has 0 saturated heterocycles. The summed E-state index contributed by atoms with van der Waals surface area (Å²) in [6.45, 7) is 1.93. The van der Waals surface area contributed by atoms with Crippen LogP contribution >= 0.6 is 16.5 Å². The Morgan fingerprint density at radius 1 is 1.36 bits per heavy atom. The molecule has 1 N–H and O–H groups in total. The second-order valence-corrected chi connectivity index (χ2v) is 2.39. The maximum absolute atomic E-state index is 9.24. The van der Waals surface area contributed by atoms with E-state index in [9.17, 15) is 18.9 Å². The molecule has 0 aliphatic carbocycles. The van der Waals surface area contributed by atoms with Crippen LogP contribution in [0.15, 0.2) is 0 Å². The predicted molar refractivity (Wildman–Crippen MR) is 29.1 cm³/mol. The Hall–Kier alpha value is 0.728. The second-order valence-electron chi connectivity index (χ2n) is 0.845. The van der Waals surface area contributed by atoms with E-state index in [2.05, 4.69) is 4.31 Å². The van der Waals surface area contributed by atoms with E-state index >= 15 is 0 Å². The Kier molecular flexibility index (Phi) is 21.5. The van der Waals surface area contributed by atoms with Crippen LogP contribution in [0.5, 0.6) is 0 Å². The smallest absolute Gasteiger partial charge is 0.563 e. The van der Waals surface area contributed by atoms with E-state index in [0.29, 0.717) is 0 Å². The molecule has 0 spiro atoms. The zero-order valence-corrected chi connectivity index (χ0v) is 9.47. The standard InChI is InChI=1S/C2H6O.O5P2.Pt/c1-2-3;1-6(2)5-7(3)4;/h3H,2H2,1H3;;/q;;+2. The van der Waals surface area contributed by atoms with Crippen LogP contribution in [0.2, 0.25) is 0 Å². The molecule has 0 saturated carbocycles. The van der Waals surface area contributed by atoms with Gasteiger partial charge >= 0.3 is 37.6 Å². The molecule has 0 bridgehead atoms. The molecule has 0 heterocycles. The third kappa shape index (κ3) is 36.6. The van der Waals surface area contributed by atoms with Gasteiger partial charge in [-0.1, -0.05) is 0 Å². The van der Waals surface area contributed by atoms with Gasteiger partial charge in [0.2, 0.25) is 0 Å². The van der Waals surface area contributed by atoms with Gasteiger partial charge in [-0.15, -0.1) is 0 Å². The van der Waals surface area contributed by atoms with Crippen LogP contribution in [0.3, 0.4) is 0 Å². The van der Waals surface area contributed by atoms with Crippen LogP contribution in [-0.4, -0.2) is 11.7 Å². The van der Waals surface area contributed by atoms with Crippen molar-refractivity contribution in [1.29, 1.82) is 0 Å². The van der Waals surface area contributed by atoms with Gasteiger partial charge in [-0.3, -0.25) is 0 Å². The van der Waals surface area contributed by atoms with Gasteiger partial charge in [-0.05, 0) is 16.1 Å². The van der Waals surface area contributed by atoms with Crippen LogP contribution in [0.25, 0.3) is 0 Å². The molecule has 0 aromatic carbocycles. The molecule has 6 nitrogen and oxygen atoms in total. The SMILES string of the molecule is CCO.O=[P+]([O-])O[P+](=O)[O-].[Pt+2]. The number of rotatable bonds is 2. The molecule has 9 heteroatoms. The van der Waals surface area contributed by atoms with Gasteiger partial charge in [0.05, 0.1) is 0 Å². The Labute approximate surface area is 79.8 Å². The zero-order valence-electron chi connectivity index (χ0n) is 5.41. The van der Waals surface area contributed by atoms with Gasteiger partial charge in [0.1, 0.15) is 4.31 Å². The largest absolute Gasteiger partial charge is 2.00 e. The molecule has 0 fully saturated rings. The summed E-state index contributed by atoms with van der Waals surface area (Å²) in [6, 6.07) is 0. The average Bonchev–Trinajstić information content (AvgIpc) is 1.62. The van der Waals surface area contributed by atoms with E-state index in [1.807, 2.05) is 0 Å². The minimum Gasteiger partial charge on any atom is -0.563 e. The number of hydrogen-bond donors (Lipinski definition) is 1. The van der Waals surface area contributed by atoms with Crippen molar-refractivity contribution in [2.24, 2.45) is 0 Å². The normalized spacial score (nSPS) is 10.2. The first-order valence-corrected chi connectivity index (χ1v) is 4.31. The Morgan fingerprint density at radius 3 is 1.55 bits per heavy atom. The molecule has 0 aliphatic heterocycles. The molecule has 0 aromatic rings. The van der Waals surface area contributed by atoms with Gasteiger partial charge in [0, 0.05) is 6.61 Å². The summed E-state index contributed by atoms with van der Waals surface area (Å²) in [5.74, 6) is 0. The van der Waals surface area contributed by atoms with Crippen molar-refractivity contribution in [3.8, 4) is 0 Å². The van der Waals surface area contributed by atoms with Crippen LogP contribution in [0.1, 0.15) is 6.92 Å². The number of aliphatic hydroxyl groups excluding tert-OH is 1. The van der Waals surface area contributed by atoms with E-state index in [4.69, 9.17) is 5.11 Å². The molecular weight excluding hydrogens is 377 g/mol. The van der Waals surface area contributed by atoms with Crippen molar-refractivity contribution >= 4 is 16.5 Å². The molecule has 0 aliphatic rings. The molecule has 2 atom stereocenters. The third-order valence-electron chi connectivity index (χ3n) is 0.133. The van der Waals surface area contributed by atoms with Crippen molar-refractivity contribution in [3.05, 3.63) is 0 Å². The van der Waals surface area contributed by atoms with Crippen LogP contribution < -0.4 is 9.79 Å². The summed E-state index contributed by atoms with van der Waals surface area (Å²) >= 11 is 0. The molecule has 68 valence electrons. The van der Waals surface area contributed by atoms with Gasteiger partial charge in [0.25, 0.3) is 0 Å². The Morgan fingerprint density at radius 2 is 1.55 bits per heavy atom. The fourth-order valence-corrected chi connectivity index (χ4v) is 0.490. The van der Waals surface area contributed by atoms with E-state index in [1.54, 1.807) is 6.92 Å². The number of aliphatic hydroxyl groups is 1. The fourth-order valence-electron chi connectivity index (χ4n) is 0.0544. The van der Waals surface area contributed by atoms with Crippen LogP contribution in [0, 0.1) is 0 Å². The summed E-state index contributed by atoms with van der Waals surface area (Å²) in [5.41, 5.74) is 0. The summed E-state index contributed by atoms with van der Waals surface area (Å²) in [4.78, 5) is 18.5. The van der Waals surface area contributed by atoms with Gasteiger partial charge < -0.3 is 14.9 Å². The molecular formula is C2H6O6P2Pt+2. The van der Waals surface area contributed by atoms with E-state index in [0.717, 1.165) is 0 Å². The monoisotopic (exact) mass is 383 g/mol. The first-order valence-electron chi connectivity index (χ1n) is 2.12. The van der Waals surface area contributed by atoms with Crippen LogP contribution in [0.4, 0.5) is 0 Å². The van der Waals surface area contributed by atoms with Crippen molar-refractivity contribution in [1.82, 2.24) is 0 Å². The summed E-state index contributed by atoms with van der Waals surface area (Å²) < 4.78 is 21.6. The van der Waals surface area contributed by atoms with Gasteiger partial charge in [0.15, 0.2) is 0 Å². The average molecular weight is 383 g/mol. The molecule has 0 amide bonds. The summed E-state index contributed by atoms with van der Waals surface area (Å²) in [6.07, 6.45) is 0. The molecule has 11 heavy (non-hydrogen) atoms. The van der Waals surface area contributed by atoms with Crippen molar-refractivity contribution in [2.45, 2.75) is 6.92 Å². The Bertz CT molecular complexity index is 105. The summed E-state index contributed by atoms with van der Waals surface area (Å²) in [5, 5.41) is 7.57. The summed E-state index contributed by atoms with van der Waals surface area (Å²) in [7, 11) is -6.47. The first-order chi connectivity index (χ1) is 4.54. The van der Waals surface area contributed by atoms with Gasteiger partial charge in [-0.2, -0.15) is 0 Å². The Balaban J connectivity index is -0.000000140. The topological polar surface area (TPSA) is 110 Å². The van der Waals surface area contributed by atoms with Gasteiger partial charge in [-0.25, -0.2) is 0 Å². The van der Waals surface area contributed by atoms with E-state index < -0.39 is 16.5 Å². The molecule has 2 unspecified atom stereocenters. The maximum Gasteiger partial charge on any atom is 2.00 e. The van der Waals surface area contributed by atoms with E-state index in [-0.39, 0.29) is 27.7 Å². The molecule has 0 radical (unpaired) electrons.